The maximum absolute atomic E-state index is 12.3. The Morgan fingerprint density at radius 1 is 1.38 bits per heavy atom. The van der Waals surface area contributed by atoms with Gasteiger partial charge in [-0.15, -0.1) is 0 Å². The molecule has 1 aliphatic heterocycles. The molecule has 0 fully saturated rings. The van der Waals surface area contributed by atoms with E-state index in [2.05, 4.69) is 20.9 Å². The molecule has 1 aromatic rings. The lowest BCUT2D eigenvalue weighted by molar-refractivity contribution is 0.0258. The van der Waals surface area contributed by atoms with E-state index in [0.29, 0.717) is 30.4 Å². The van der Waals surface area contributed by atoms with Gasteiger partial charge in [-0.2, -0.15) is 0 Å². The third kappa shape index (κ3) is 5.29. The molecule has 0 unspecified atom stereocenters. The molecule has 2 heterocycles. The molecule has 134 valence electrons. The topological polar surface area (TPSA) is 51.7 Å². The van der Waals surface area contributed by atoms with E-state index in [0.717, 1.165) is 11.3 Å². The van der Waals surface area contributed by atoms with Crippen molar-refractivity contribution >= 4 is 22.0 Å². The van der Waals surface area contributed by atoms with Crippen molar-refractivity contribution in [3.05, 3.63) is 21.8 Å². The molecule has 1 aromatic heterocycles. The second-order valence-electron chi connectivity index (χ2n) is 6.55. The van der Waals surface area contributed by atoms with Crippen LogP contribution in [0.25, 0.3) is 0 Å². The lowest BCUT2D eigenvalue weighted by Crippen LogP contribution is -2.38. The third-order valence-corrected chi connectivity index (χ3v) is 3.95. The molecular formula is C16H21BrF2N2O3. The Labute approximate surface area is 148 Å². The van der Waals surface area contributed by atoms with Crippen molar-refractivity contribution in [1.29, 1.82) is 0 Å². The van der Waals surface area contributed by atoms with E-state index in [1.165, 1.54) is 0 Å². The van der Waals surface area contributed by atoms with Crippen LogP contribution < -0.4 is 4.74 Å². The highest BCUT2D eigenvalue weighted by Gasteiger charge is 2.25. The van der Waals surface area contributed by atoms with E-state index in [9.17, 15) is 13.6 Å². The number of carbonyl (C=O) groups excluding carboxylic acids is 1. The summed E-state index contributed by atoms with van der Waals surface area (Å²) in [4.78, 5) is 18.2. The Hall–Kier alpha value is -1.44. The third-order valence-electron chi connectivity index (χ3n) is 3.38. The largest absolute Gasteiger partial charge is 0.471 e. The zero-order chi connectivity index (χ0) is 17.9. The standard InChI is InChI=1S/C16H21BrF2N2O3/c1-16(2,3)24-15(22)21-6-4-10-8-11(17)14(23-9-13(18)19)20-12(10)5-7-21/h8,13H,4-7,9H2,1-3H3. The van der Waals surface area contributed by atoms with Crippen molar-refractivity contribution in [3.8, 4) is 5.88 Å². The quantitative estimate of drug-likeness (QED) is 0.765. The van der Waals surface area contributed by atoms with Crippen LogP contribution in [0, 0.1) is 0 Å². The number of rotatable bonds is 3. The molecule has 1 aliphatic rings. The van der Waals surface area contributed by atoms with Crippen LogP contribution in [0.5, 0.6) is 5.88 Å². The predicted molar refractivity (Wildman–Crippen MR) is 88.7 cm³/mol. The zero-order valence-electron chi connectivity index (χ0n) is 13.9. The summed E-state index contributed by atoms with van der Waals surface area (Å²) >= 11 is 3.30. The summed E-state index contributed by atoms with van der Waals surface area (Å²) < 4.78 is 35.6. The van der Waals surface area contributed by atoms with Crippen molar-refractivity contribution in [2.75, 3.05) is 19.7 Å². The zero-order valence-corrected chi connectivity index (χ0v) is 15.5. The number of pyridine rings is 1. The van der Waals surface area contributed by atoms with Gasteiger partial charge >= 0.3 is 6.09 Å². The lowest BCUT2D eigenvalue weighted by Gasteiger charge is -2.26. The lowest BCUT2D eigenvalue weighted by atomic mass is 10.1. The Morgan fingerprint density at radius 3 is 2.67 bits per heavy atom. The fourth-order valence-corrected chi connectivity index (χ4v) is 2.82. The maximum atomic E-state index is 12.3. The van der Waals surface area contributed by atoms with E-state index in [1.807, 2.05) is 26.8 Å². The van der Waals surface area contributed by atoms with Gasteiger partial charge in [-0.1, -0.05) is 0 Å². The van der Waals surface area contributed by atoms with Crippen LogP contribution in [0.3, 0.4) is 0 Å². The van der Waals surface area contributed by atoms with Crippen molar-refractivity contribution < 1.29 is 23.0 Å². The van der Waals surface area contributed by atoms with Gasteiger partial charge in [-0.3, -0.25) is 0 Å². The second kappa shape index (κ2) is 7.63. The van der Waals surface area contributed by atoms with Crippen LogP contribution in [0.1, 0.15) is 32.0 Å². The summed E-state index contributed by atoms with van der Waals surface area (Å²) in [6, 6.07) is 1.82. The van der Waals surface area contributed by atoms with Gasteiger partial charge in [-0.05, 0) is 54.8 Å². The number of aromatic nitrogens is 1. The minimum Gasteiger partial charge on any atom is -0.471 e. The minimum absolute atomic E-state index is 0.153. The Balaban J connectivity index is 2.09. The molecule has 0 saturated heterocycles. The Bertz CT molecular complexity index is 606. The molecule has 5 nitrogen and oxygen atoms in total. The SMILES string of the molecule is CC(C)(C)OC(=O)N1CCc2cc(Br)c(OCC(F)F)nc2CC1. The maximum Gasteiger partial charge on any atom is 0.410 e. The van der Waals surface area contributed by atoms with Gasteiger partial charge in [0.15, 0.2) is 6.61 Å². The van der Waals surface area contributed by atoms with Crippen LogP contribution in [0.4, 0.5) is 13.6 Å². The smallest absolute Gasteiger partial charge is 0.410 e. The van der Waals surface area contributed by atoms with E-state index in [1.54, 1.807) is 4.90 Å². The number of nitrogens with zero attached hydrogens (tertiary/aromatic N) is 2. The highest BCUT2D eigenvalue weighted by Crippen LogP contribution is 2.28. The summed E-state index contributed by atoms with van der Waals surface area (Å²) in [6.45, 7) is 5.75. The van der Waals surface area contributed by atoms with Gasteiger partial charge in [-0.25, -0.2) is 18.6 Å². The monoisotopic (exact) mass is 406 g/mol. The first-order valence-corrected chi connectivity index (χ1v) is 8.52. The van der Waals surface area contributed by atoms with Gasteiger partial charge in [0.1, 0.15) is 5.60 Å². The summed E-state index contributed by atoms with van der Waals surface area (Å²) in [5, 5.41) is 0. The molecule has 1 amide bonds. The number of halogens is 3. The molecule has 0 spiro atoms. The number of ether oxygens (including phenoxy) is 2. The van der Waals surface area contributed by atoms with Gasteiger partial charge in [0.2, 0.25) is 5.88 Å². The number of amides is 1. The number of alkyl halides is 2. The molecule has 8 heteroatoms. The number of carbonyl (C=O) groups is 1. The highest BCUT2D eigenvalue weighted by molar-refractivity contribution is 9.10. The van der Waals surface area contributed by atoms with Crippen LogP contribution in [-0.4, -0.2) is 47.7 Å². The fraction of sp³-hybridized carbons (Fsp3) is 0.625. The first-order valence-electron chi connectivity index (χ1n) is 7.73. The van der Waals surface area contributed by atoms with Gasteiger partial charge in [0.25, 0.3) is 6.43 Å². The molecule has 0 N–H and O–H groups in total. The van der Waals surface area contributed by atoms with Crippen LogP contribution in [0.15, 0.2) is 10.5 Å². The van der Waals surface area contributed by atoms with Gasteiger partial charge in [0, 0.05) is 25.2 Å². The van der Waals surface area contributed by atoms with Crippen molar-refractivity contribution in [1.82, 2.24) is 9.88 Å². The van der Waals surface area contributed by atoms with Gasteiger partial charge < -0.3 is 14.4 Å². The summed E-state index contributed by atoms with van der Waals surface area (Å²) in [5.41, 5.74) is 1.18. The van der Waals surface area contributed by atoms with E-state index >= 15 is 0 Å². The average Bonchev–Trinajstić information content (AvgIpc) is 2.65. The predicted octanol–water partition coefficient (Wildman–Crippen LogP) is 3.82. The summed E-state index contributed by atoms with van der Waals surface area (Å²) in [6.07, 6.45) is -1.77. The molecule has 0 atom stereocenters. The Kier molecular flexibility index (Phi) is 6.01. The molecule has 24 heavy (non-hydrogen) atoms. The normalized spacial score (nSPS) is 15.0. The number of hydrogen-bond acceptors (Lipinski definition) is 4. The van der Waals surface area contributed by atoms with Crippen LogP contribution in [-0.2, 0) is 17.6 Å². The van der Waals surface area contributed by atoms with E-state index < -0.39 is 18.6 Å². The molecule has 0 radical (unpaired) electrons. The molecule has 2 rings (SSSR count). The first kappa shape index (κ1) is 18.9. The first-order chi connectivity index (χ1) is 11.2. The van der Waals surface area contributed by atoms with Crippen molar-refractivity contribution in [3.63, 3.8) is 0 Å². The minimum atomic E-state index is -2.56. The molecule has 0 bridgehead atoms. The fourth-order valence-electron chi connectivity index (χ4n) is 2.34. The van der Waals surface area contributed by atoms with Crippen molar-refractivity contribution in [2.45, 2.75) is 45.6 Å². The summed E-state index contributed by atoms with van der Waals surface area (Å²) in [7, 11) is 0. The molecular weight excluding hydrogens is 386 g/mol. The Morgan fingerprint density at radius 2 is 2.04 bits per heavy atom. The molecule has 0 saturated carbocycles. The van der Waals surface area contributed by atoms with E-state index in [-0.39, 0.29) is 12.0 Å². The molecule has 0 aliphatic carbocycles. The highest BCUT2D eigenvalue weighted by atomic mass is 79.9. The average molecular weight is 407 g/mol. The number of fused-ring (bicyclic) bond motifs is 1. The summed E-state index contributed by atoms with van der Waals surface area (Å²) in [5.74, 6) is 0.153. The molecule has 0 aromatic carbocycles. The second-order valence-corrected chi connectivity index (χ2v) is 7.40. The van der Waals surface area contributed by atoms with Crippen LogP contribution >= 0.6 is 15.9 Å². The van der Waals surface area contributed by atoms with E-state index in [4.69, 9.17) is 9.47 Å². The number of hydrogen-bond donors (Lipinski definition) is 0. The van der Waals surface area contributed by atoms with Crippen LogP contribution in [0.2, 0.25) is 0 Å². The van der Waals surface area contributed by atoms with Crippen molar-refractivity contribution in [2.24, 2.45) is 0 Å². The van der Waals surface area contributed by atoms with Gasteiger partial charge in [0.05, 0.1) is 4.47 Å².